The van der Waals surface area contributed by atoms with Gasteiger partial charge in [0.05, 0.1) is 13.2 Å². The summed E-state index contributed by atoms with van der Waals surface area (Å²) >= 11 is 3.46. The first-order chi connectivity index (χ1) is 11.1. The van der Waals surface area contributed by atoms with Crippen LogP contribution in [0.25, 0.3) is 0 Å². The summed E-state index contributed by atoms with van der Waals surface area (Å²) in [7, 11) is 2.08. The summed E-state index contributed by atoms with van der Waals surface area (Å²) < 4.78 is 6.42. The van der Waals surface area contributed by atoms with Crippen LogP contribution in [-0.2, 0) is 11.3 Å². The number of aryl methyl sites for hydroxylation is 1. The van der Waals surface area contributed by atoms with Crippen LogP contribution in [0, 0.1) is 6.92 Å². The normalized spacial score (nSPS) is 14.8. The van der Waals surface area contributed by atoms with E-state index in [0.717, 1.165) is 43.1 Å². The molecule has 1 aromatic carbocycles. The molecule has 2 heterocycles. The van der Waals surface area contributed by atoms with E-state index >= 15 is 0 Å². The van der Waals surface area contributed by atoms with Gasteiger partial charge in [-0.2, -0.15) is 0 Å². The Morgan fingerprint density at radius 3 is 2.57 bits per heavy atom. The molecule has 1 fully saturated rings. The van der Waals surface area contributed by atoms with Crippen molar-refractivity contribution in [3.05, 3.63) is 52.1 Å². The maximum absolute atomic E-state index is 5.41. The standard InChI is InChI=1S/C18H22BrN3O/c1-14-11-16(19)12-20-18(14)21(2)13-15-3-5-17(6-4-15)22-7-9-23-10-8-22/h3-6,11-12H,7-10,13H2,1-2H3. The lowest BCUT2D eigenvalue weighted by Crippen LogP contribution is -2.36. The van der Waals surface area contributed by atoms with E-state index in [1.54, 1.807) is 0 Å². The molecule has 1 aromatic heterocycles. The fraction of sp³-hybridized carbons (Fsp3) is 0.389. The van der Waals surface area contributed by atoms with Crippen molar-refractivity contribution in [2.24, 2.45) is 0 Å². The van der Waals surface area contributed by atoms with Crippen molar-refractivity contribution in [1.29, 1.82) is 0 Å². The Kier molecular flexibility index (Phi) is 5.18. The third-order valence-electron chi connectivity index (χ3n) is 4.11. The van der Waals surface area contributed by atoms with Crippen molar-refractivity contribution in [3.8, 4) is 0 Å². The third kappa shape index (κ3) is 4.03. The van der Waals surface area contributed by atoms with Gasteiger partial charge in [0.1, 0.15) is 5.82 Å². The Balaban J connectivity index is 1.67. The van der Waals surface area contributed by atoms with Crippen molar-refractivity contribution >= 4 is 27.4 Å². The molecule has 0 spiro atoms. The van der Waals surface area contributed by atoms with Crippen LogP contribution in [0.5, 0.6) is 0 Å². The molecule has 0 amide bonds. The molecule has 0 unspecified atom stereocenters. The summed E-state index contributed by atoms with van der Waals surface area (Å²) in [4.78, 5) is 9.08. The zero-order chi connectivity index (χ0) is 16.2. The monoisotopic (exact) mass is 375 g/mol. The van der Waals surface area contributed by atoms with Gasteiger partial charge in [-0.3, -0.25) is 0 Å². The van der Waals surface area contributed by atoms with Gasteiger partial charge >= 0.3 is 0 Å². The van der Waals surface area contributed by atoms with Crippen LogP contribution in [-0.4, -0.2) is 38.3 Å². The Bertz CT molecular complexity index is 654. The largest absolute Gasteiger partial charge is 0.378 e. The lowest BCUT2D eigenvalue weighted by Gasteiger charge is -2.29. The second-order valence-corrected chi connectivity index (χ2v) is 6.83. The highest BCUT2D eigenvalue weighted by Gasteiger charge is 2.12. The molecular weight excluding hydrogens is 354 g/mol. The third-order valence-corrected chi connectivity index (χ3v) is 4.54. The van der Waals surface area contributed by atoms with Crippen LogP contribution in [0.1, 0.15) is 11.1 Å². The van der Waals surface area contributed by atoms with Crippen molar-refractivity contribution in [2.75, 3.05) is 43.2 Å². The molecule has 23 heavy (non-hydrogen) atoms. The number of rotatable bonds is 4. The number of hydrogen-bond acceptors (Lipinski definition) is 4. The van der Waals surface area contributed by atoms with E-state index in [1.807, 2.05) is 6.20 Å². The van der Waals surface area contributed by atoms with Crippen molar-refractivity contribution in [3.63, 3.8) is 0 Å². The summed E-state index contributed by atoms with van der Waals surface area (Å²) in [5.74, 6) is 1.02. The smallest absolute Gasteiger partial charge is 0.131 e. The van der Waals surface area contributed by atoms with E-state index in [2.05, 4.69) is 75.0 Å². The van der Waals surface area contributed by atoms with Gasteiger partial charge in [0.15, 0.2) is 0 Å². The van der Waals surface area contributed by atoms with Gasteiger partial charge in [-0.25, -0.2) is 4.98 Å². The molecule has 0 radical (unpaired) electrons. The molecule has 1 aliphatic heterocycles. The zero-order valence-corrected chi connectivity index (χ0v) is 15.2. The zero-order valence-electron chi connectivity index (χ0n) is 13.6. The number of pyridine rings is 1. The lowest BCUT2D eigenvalue weighted by molar-refractivity contribution is 0.122. The Morgan fingerprint density at radius 1 is 1.22 bits per heavy atom. The maximum atomic E-state index is 5.41. The number of halogens is 1. The highest BCUT2D eigenvalue weighted by Crippen LogP contribution is 2.22. The number of aromatic nitrogens is 1. The number of morpholine rings is 1. The van der Waals surface area contributed by atoms with Crippen LogP contribution in [0.3, 0.4) is 0 Å². The summed E-state index contributed by atoms with van der Waals surface area (Å²) in [5, 5.41) is 0. The van der Waals surface area contributed by atoms with E-state index in [9.17, 15) is 0 Å². The highest BCUT2D eigenvalue weighted by atomic mass is 79.9. The summed E-state index contributed by atoms with van der Waals surface area (Å²) in [5.41, 5.74) is 3.73. The molecule has 0 bridgehead atoms. The topological polar surface area (TPSA) is 28.6 Å². The summed E-state index contributed by atoms with van der Waals surface area (Å²) in [6.07, 6.45) is 1.85. The molecule has 1 saturated heterocycles. The first-order valence-corrected chi connectivity index (χ1v) is 8.68. The van der Waals surface area contributed by atoms with Gasteiger partial charge < -0.3 is 14.5 Å². The number of hydrogen-bond donors (Lipinski definition) is 0. The summed E-state index contributed by atoms with van der Waals surface area (Å²) in [6.45, 7) is 6.52. The average Bonchev–Trinajstić information content (AvgIpc) is 2.56. The SMILES string of the molecule is Cc1cc(Br)cnc1N(C)Cc1ccc(N2CCOCC2)cc1. The van der Waals surface area contributed by atoms with Crippen LogP contribution in [0.2, 0.25) is 0 Å². The van der Waals surface area contributed by atoms with Gasteiger partial charge in [0.2, 0.25) is 0 Å². The van der Waals surface area contributed by atoms with Crippen LogP contribution >= 0.6 is 15.9 Å². The minimum atomic E-state index is 0.818. The lowest BCUT2D eigenvalue weighted by atomic mass is 10.1. The van der Waals surface area contributed by atoms with Crippen molar-refractivity contribution < 1.29 is 4.74 Å². The predicted octanol–water partition coefficient (Wildman–Crippen LogP) is 3.63. The quantitative estimate of drug-likeness (QED) is 0.815. The van der Waals surface area contributed by atoms with E-state index in [-0.39, 0.29) is 0 Å². The van der Waals surface area contributed by atoms with Crippen molar-refractivity contribution in [1.82, 2.24) is 4.98 Å². The molecule has 0 saturated carbocycles. The molecule has 2 aromatic rings. The second-order valence-electron chi connectivity index (χ2n) is 5.92. The first-order valence-electron chi connectivity index (χ1n) is 7.88. The minimum absolute atomic E-state index is 0.818. The van der Waals surface area contributed by atoms with Gasteiger partial charge in [-0.15, -0.1) is 0 Å². The molecule has 1 aliphatic rings. The van der Waals surface area contributed by atoms with E-state index < -0.39 is 0 Å². The summed E-state index contributed by atoms with van der Waals surface area (Å²) in [6, 6.07) is 10.9. The van der Waals surface area contributed by atoms with E-state index in [1.165, 1.54) is 16.8 Å². The second kappa shape index (κ2) is 7.32. The average molecular weight is 376 g/mol. The highest BCUT2D eigenvalue weighted by molar-refractivity contribution is 9.10. The molecule has 0 atom stereocenters. The Morgan fingerprint density at radius 2 is 1.91 bits per heavy atom. The fourth-order valence-corrected chi connectivity index (χ4v) is 3.36. The number of ether oxygens (including phenoxy) is 1. The number of nitrogens with zero attached hydrogens (tertiary/aromatic N) is 3. The van der Waals surface area contributed by atoms with Gasteiger partial charge in [-0.1, -0.05) is 12.1 Å². The van der Waals surface area contributed by atoms with Crippen LogP contribution < -0.4 is 9.80 Å². The van der Waals surface area contributed by atoms with Crippen LogP contribution in [0.15, 0.2) is 41.0 Å². The van der Waals surface area contributed by atoms with Gasteiger partial charge in [0, 0.05) is 43.0 Å². The van der Waals surface area contributed by atoms with Crippen molar-refractivity contribution in [2.45, 2.75) is 13.5 Å². The Hall–Kier alpha value is -1.59. The molecule has 3 rings (SSSR count). The van der Waals surface area contributed by atoms with Crippen LogP contribution in [0.4, 0.5) is 11.5 Å². The van der Waals surface area contributed by atoms with E-state index in [0.29, 0.717) is 0 Å². The van der Waals surface area contributed by atoms with E-state index in [4.69, 9.17) is 4.74 Å². The van der Waals surface area contributed by atoms with Gasteiger partial charge in [0.25, 0.3) is 0 Å². The maximum Gasteiger partial charge on any atom is 0.131 e. The van der Waals surface area contributed by atoms with Gasteiger partial charge in [-0.05, 0) is 52.2 Å². The molecule has 5 heteroatoms. The molecule has 0 aliphatic carbocycles. The number of anilines is 2. The number of benzene rings is 1. The molecule has 4 nitrogen and oxygen atoms in total. The molecule has 0 N–H and O–H groups in total. The predicted molar refractivity (Wildman–Crippen MR) is 98.3 cm³/mol. The molecular formula is C18H22BrN3O. The Labute approximate surface area is 146 Å². The first kappa shape index (κ1) is 16.3. The minimum Gasteiger partial charge on any atom is -0.378 e. The molecule has 122 valence electrons. The fourth-order valence-electron chi connectivity index (χ4n) is 2.92.